The van der Waals surface area contributed by atoms with E-state index in [2.05, 4.69) is 20.6 Å². The fraction of sp³-hybridized carbons (Fsp3) is 0.231. The van der Waals surface area contributed by atoms with Crippen molar-refractivity contribution in [1.82, 2.24) is 9.97 Å². The lowest BCUT2D eigenvalue weighted by Gasteiger charge is -2.13. The highest BCUT2D eigenvalue weighted by molar-refractivity contribution is 5.46. The van der Waals surface area contributed by atoms with E-state index < -0.39 is 11.7 Å². The third-order valence-corrected chi connectivity index (χ3v) is 2.71. The van der Waals surface area contributed by atoms with Crippen molar-refractivity contribution in [3.8, 4) is 0 Å². The maximum Gasteiger partial charge on any atom is 0.416 e. The van der Waals surface area contributed by atoms with E-state index in [0.717, 1.165) is 6.07 Å². The molecule has 2 N–H and O–H groups in total. The van der Waals surface area contributed by atoms with Gasteiger partial charge < -0.3 is 10.6 Å². The van der Waals surface area contributed by atoms with Gasteiger partial charge in [-0.05, 0) is 11.6 Å². The van der Waals surface area contributed by atoms with Crippen LogP contribution in [0, 0.1) is 0 Å². The standard InChI is InChI=1S/C13H13F3N4/c1-17-11-6-12(20-8-19-11)18-7-9-4-2-3-5-10(9)13(14,15)16/h2-6,8H,7H2,1H3,(H2,17,18,19,20). The number of nitrogens with one attached hydrogen (secondary N) is 2. The second kappa shape index (κ2) is 5.77. The lowest BCUT2D eigenvalue weighted by Crippen LogP contribution is -2.12. The highest BCUT2D eigenvalue weighted by Crippen LogP contribution is 2.32. The van der Waals surface area contributed by atoms with Crippen LogP contribution in [0.25, 0.3) is 0 Å². The van der Waals surface area contributed by atoms with Crippen molar-refractivity contribution >= 4 is 11.6 Å². The first-order chi connectivity index (χ1) is 9.50. The molecular formula is C13H13F3N4. The molecule has 0 bridgehead atoms. The Morgan fingerprint density at radius 1 is 1.10 bits per heavy atom. The molecule has 0 atom stereocenters. The SMILES string of the molecule is CNc1cc(NCc2ccccc2C(F)(F)F)ncn1. The van der Waals surface area contributed by atoms with E-state index in [-0.39, 0.29) is 12.1 Å². The van der Waals surface area contributed by atoms with Crippen molar-refractivity contribution in [3.05, 3.63) is 47.8 Å². The van der Waals surface area contributed by atoms with Crippen molar-refractivity contribution in [1.29, 1.82) is 0 Å². The van der Waals surface area contributed by atoms with Crippen LogP contribution in [0.3, 0.4) is 0 Å². The molecule has 2 rings (SSSR count). The molecule has 7 heteroatoms. The molecule has 0 aliphatic heterocycles. The van der Waals surface area contributed by atoms with Gasteiger partial charge in [0.05, 0.1) is 5.56 Å². The maximum absolute atomic E-state index is 12.8. The molecule has 0 amide bonds. The average Bonchev–Trinajstić information content (AvgIpc) is 2.44. The minimum atomic E-state index is -4.36. The molecule has 106 valence electrons. The van der Waals surface area contributed by atoms with Crippen LogP contribution in [-0.2, 0) is 12.7 Å². The number of halogens is 3. The van der Waals surface area contributed by atoms with Gasteiger partial charge in [0.1, 0.15) is 18.0 Å². The summed E-state index contributed by atoms with van der Waals surface area (Å²) in [6.45, 7) is 0.0376. The van der Waals surface area contributed by atoms with Gasteiger partial charge in [0.15, 0.2) is 0 Å². The van der Waals surface area contributed by atoms with Crippen LogP contribution < -0.4 is 10.6 Å². The van der Waals surface area contributed by atoms with E-state index in [9.17, 15) is 13.2 Å². The lowest BCUT2D eigenvalue weighted by atomic mass is 10.1. The molecule has 0 aliphatic rings. The van der Waals surface area contributed by atoms with Crippen molar-refractivity contribution in [3.63, 3.8) is 0 Å². The van der Waals surface area contributed by atoms with Crippen molar-refractivity contribution in [2.75, 3.05) is 17.7 Å². The number of hydrogen-bond acceptors (Lipinski definition) is 4. The molecule has 0 saturated carbocycles. The maximum atomic E-state index is 12.8. The molecule has 2 aromatic rings. The van der Waals surface area contributed by atoms with Gasteiger partial charge in [-0.25, -0.2) is 9.97 Å². The van der Waals surface area contributed by atoms with Crippen molar-refractivity contribution in [2.24, 2.45) is 0 Å². The first kappa shape index (κ1) is 14.1. The van der Waals surface area contributed by atoms with Gasteiger partial charge in [-0.3, -0.25) is 0 Å². The summed E-state index contributed by atoms with van der Waals surface area (Å²) in [7, 11) is 1.70. The Hall–Kier alpha value is -2.31. The van der Waals surface area contributed by atoms with Crippen LogP contribution in [0.4, 0.5) is 24.8 Å². The van der Waals surface area contributed by atoms with E-state index in [4.69, 9.17) is 0 Å². The minimum absolute atomic E-state index is 0.0376. The predicted molar refractivity (Wildman–Crippen MR) is 70.3 cm³/mol. The predicted octanol–water partition coefficient (Wildman–Crippen LogP) is 3.15. The topological polar surface area (TPSA) is 49.8 Å². The molecule has 1 aromatic heterocycles. The number of nitrogens with zero attached hydrogens (tertiary/aromatic N) is 2. The largest absolute Gasteiger partial charge is 0.416 e. The Labute approximate surface area is 114 Å². The monoisotopic (exact) mass is 282 g/mol. The summed E-state index contributed by atoms with van der Waals surface area (Å²) in [4.78, 5) is 7.88. The smallest absolute Gasteiger partial charge is 0.373 e. The number of rotatable bonds is 4. The number of hydrogen-bond donors (Lipinski definition) is 2. The molecule has 0 aliphatic carbocycles. The van der Waals surface area contributed by atoms with Gasteiger partial charge in [-0.1, -0.05) is 18.2 Å². The molecule has 0 saturated heterocycles. The first-order valence-corrected chi connectivity index (χ1v) is 5.89. The van der Waals surface area contributed by atoms with Gasteiger partial charge in [-0.15, -0.1) is 0 Å². The van der Waals surface area contributed by atoms with Crippen LogP contribution >= 0.6 is 0 Å². The minimum Gasteiger partial charge on any atom is -0.373 e. The van der Waals surface area contributed by atoms with Crippen LogP contribution in [0.1, 0.15) is 11.1 Å². The quantitative estimate of drug-likeness (QED) is 0.904. The Morgan fingerprint density at radius 2 is 1.80 bits per heavy atom. The van der Waals surface area contributed by atoms with Gasteiger partial charge >= 0.3 is 6.18 Å². The Bertz CT molecular complexity index is 584. The summed E-state index contributed by atoms with van der Waals surface area (Å²) in [5.74, 6) is 1.05. The van der Waals surface area contributed by atoms with Crippen molar-refractivity contribution in [2.45, 2.75) is 12.7 Å². The lowest BCUT2D eigenvalue weighted by molar-refractivity contribution is -0.138. The van der Waals surface area contributed by atoms with Gasteiger partial charge in [0, 0.05) is 19.7 Å². The van der Waals surface area contributed by atoms with Crippen LogP contribution in [0.5, 0.6) is 0 Å². The Morgan fingerprint density at radius 3 is 2.50 bits per heavy atom. The number of benzene rings is 1. The summed E-state index contributed by atoms with van der Waals surface area (Å²) in [6.07, 6.45) is -3.02. The summed E-state index contributed by atoms with van der Waals surface area (Å²) >= 11 is 0. The molecule has 0 fully saturated rings. The summed E-state index contributed by atoms with van der Waals surface area (Å²) < 4.78 is 38.5. The average molecular weight is 282 g/mol. The highest BCUT2D eigenvalue weighted by Gasteiger charge is 2.32. The zero-order valence-electron chi connectivity index (χ0n) is 10.7. The van der Waals surface area contributed by atoms with Gasteiger partial charge in [-0.2, -0.15) is 13.2 Å². The fourth-order valence-corrected chi connectivity index (χ4v) is 1.73. The van der Waals surface area contributed by atoms with Crippen LogP contribution in [0.15, 0.2) is 36.7 Å². The Kier molecular flexibility index (Phi) is 4.07. The number of alkyl halides is 3. The van der Waals surface area contributed by atoms with E-state index in [1.165, 1.54) is 18.5 Å². The van der Waals surface area contributed by atoms with E-state index in [0.29, 0.717) is 11.6 Å². The third kappa shape index (κ3) is 3.37. The normalized spacial score (nSPS) is 11.2. The zero-order valence-corrected chi connectivity index (χ0v) is 10.7. The van der Waals surface area contributed by atoms with Gasteiger partial charge in [0.25, 0.3) is 0 Å². The summed E-state index contributed by atoms with van der Waals surface area (Å²) in [5, 5.41) is 5.69. The molecule has 0 radical (unpaired) electrons. The fourth-order valence-electron chi connectivity index (χ4n) is 1.73. The van der Waals surface area contributed by atoms with Gasteiger partial charge in [0.2, 0.25) is 0 Å². The molecule has 1 aromatic carbocycles. The van der Waals surface area contributed by atoms with E-state index >= 15 is 0 Å². The summed E-state index contributed by atoms with van der Waals surface area (Å²) in [5.41, 5.74) is -0.472. The van der Waals surface area contributed by atoms with Crippen LogP contribution in [0.2, 0.25) is 0 Å². The summed E-state index contributed by atoms with van der Waals surface area (Å²) in [6, 6.07) is 7.07. The molecule has 0 spiro atoms. The second-order valence-corrected chi connectivity index (χ2v) is 4.05. The van der Waals surface area contributed by atoms with E-state index in [1.54, 1.807) is 19.2 Å². The molecular weight excluding hydrogens is 269 g/mol. The Balaban J connectivity index is 2.15. The number of aromatic nitrogens is 2. The number of anilines is 2. The third-order valence-electron chi connectivity index (χ3n) is 2.71. The zero-order chi connectivity index (χ0) is 14.6. The molecule has 4 nitrogen and oxygen atoms in total. The van der Waals surface area contributed by atoms with Crippen molar-refractivity contribution < 1.29 is 13.2 Å². The molecule has 20 heavy (non-hydrogen) atoms. The van der Waals surface area contributed by atoms with E-state index in [1.807, 2.05) is 0 Å². The van der Waals surface area contributed by atoms with Crippen LogP contribution in [-0.4, -0.2) is 17.0 Å². The first-order valence-electron chi connectivity index (χ1n) is 5.89. The molecule has 0 unspecified atom stereocenters. The molecule has 1 heterocycles. The highest BCUT2D eigenvalue weighted by atomic mass is 19.4. The second-order valence-electron chi connectivity index (χ2n) is 4.05.